The lowest BCUT2D eigenvalue weighted by Gasteiger charge is -2.32. The van der Waals surface area contributed by atoms with Gasteiger partial charge in [0.25, 0.3) is 0 Å². The van der Waals surface area contributed by atoms with Crippen LogP contribution in [0.1, 0.15) is 53.5 Å². The molecule has 5 nitrogen and oxygen atoms in total. The van der Waals surface area contributed by atoms with Crippen molar-refractivity contribution in [1.82, 2.24) is 4.98 Å². The molecule has 3 heterocycles. The molecule has 7 heteroatoms. The molecule has 1 saturated carbocycles. The van der Waals surface area contributed by atoms with Crippen LogP contribution in [0.15, 0.2) is 12.3 Å². The molecule has 2 aliphatic heterocycles. The van der Waals surface area contributed by atoms with Crippen LogP contribution in [0.2, 0.25) is 10.8 Å². The highest BCUT2D eigenvalue weighted by molar-refractivity contribution is 6.49. The van der Waals surface area contributed by atoms with Gasteiger partial charge in [-0.05, 0) is 40.2 Å². The molecule has 1 aromatic heterocycles. The fraction of sp³-hybridized carbons (Fsp3) is 0.684. The quantitative estimate of drug-likeness (QED) is 0.736. The Hall–Kier alpha value is -1.11. The van der Waals surface area contributed by atoms with Crippen molar-refractivity contribution in [2.75, 3.05) is 11.4 Å². The molecule has 4 rings (SSSR count). The first-order valence-electron chi connectivity index (χ1n) is 9.26. The Kier molecular flexibility index (Phi) is 3.84. The van der Waals surface area contributed by atoms with Crippen molar-refractivity contribution in [3.8, 4) is 0 Å². The van der Waals surface area contributed by atoms with Crippen molar-refractivity contribution < 1.29 is 14.1 Å². The molecule has 2 fully saturated rings. The summed E-state index contributed by atoms with van der Waals surface area (Å²) in [6.07, 6.45) is 2.41. The van der Waals surface area contributed by atoms with Crippen LogP contribution < -0.4 is 4.90 Å². The lowest BCUT2D eigenvalue weighted by Crippen LogP contribution is -2.41. The zero-order valence-electron chi connectivity index (χ0n) is 16.3. The second kappa shape index (κ2) is 5.46. The summed E-state index contributed by atoms with van der Waals surface area (Å²) in [4.78, 5) is 19.4. The van der Waals surface area contributed by atoms with Gasteiger partial charge in [0.1, 0.15) is 5.82 Å². The normalized spacial score (nSPS) is 30.4. The number of hydrogen-bond donors (Lipinski definition) is 0. The summed E-state index contributed by atoms with van der Waals surface area (Å²) in [6, 6.07) is 1.93. The van der Waals surface area contributed by atoms with Gasteiger partial charge in [0.05, 0.1) is 16.2 Å². The van der Waals surface area contributed by atoms with Gasteiger partial charge in [0.2, 0.25) is 5.91 Å². The Balaban J connectivity index is 1.51. The van der Waals surface area contributed by atoms with E-state index in [0.29, 0.717) is 11.6 Å². The molecule has 3 aliphatic rings. The number of halogens is 1. The van der Waals surface area contributed by atoms with Gasteiger partial charge >= 0.3 is 7.12 Å². The standard InChI is InChI=1S/C19H26BClN2O3/c1-17(2)10-23(15-13(17)7-11(21)9-22-15)16(24)12-8-14(12)20-25-18(3,4)19(5,6)26-20/h7,9,12,14H,8,10H2,1-6H3/t12-,14-/m1/s1. The second-order valence-electron chi connectivity index (χ2n) is 9.46. The number of hydrogen-bond acceptors (Lipinski definition) is 4. The maximum absolute atomic E-state index is 13.2. The van der Waals surface area contributed by atoms with E-state index in [4.69, 9.17) is 20.9 Å². The number of anilines is 1. The molecule has 26 heavy (non-hydrogen) atoms. The first kappa shape index (κ1) is 18.3. The average molecular weight is 377 g/mol. The molecule has 0 bridgehead atoms. The zero-order valence-corrected chi connectivity index (χ0v) is 17.1. The molecule has 1 aliphatic carbocycles. The highest BCUT2D eigenvalue weighted by atomic mass is 35.5. The minimum Gasteiger partial charge on any atom is -0.403 e. The van der Waals surface area contributed by atoms with Gasteiger partial charge in [-0.3, -0.25) is 9.69 Å². The van der Waals surface area contributed by atoms with Gasteiger partial charge < -0.3 is 9.31 Å². The van der Waals surface area contributed by atoms with Crippen LogP contribution in [0.25, 0.3) is 0 Å². The molecule has 0 spiro atoms. The van der Waals surface area contributed by atoms with E-state index in [1.165, 1.54) is 0 Å². The fourth-order valence-corrected chi connectivity index (χ4v) is 4.10. The van der Waals surface area contributed by atoms with Gasteiger partial charge in [0.15, 0.2) is 0 Å². The van der Waals surface area contributed by atoms with Crippen molar-refractivity contribution in [1.29, 1.82) is 0 Å². The smallest absolute Gasteiger partial charge is 0.403 e. The third-order valence-corrected chi connectivity index (χ3v) is 6.62. The van der Waals surface area contributed by atoms with E-state index in [9.17, 15) is 4.79 Å². The molecule has 140 valence electrons. The summed E-state index contributed by atoms with van der Waals surface area (Å²) in [5.74, 6) is 0.905. The lowest BCUT2D eigenvalue weighted by molar-refractivity contribution is -0.119. The number of amides is 1. The molecule has 0 radical (unpaired) electrons. The molecule has 0 N–H and O–H groups in total. The summed E-state index contributed by atoms with van der Waals surface area (Å²) in [5, 5.41) is 0.604. The maximum Gasteiger partial charge on any atom is 0.461 e. The van der Waals surface area contributed by atoms with E-state index in [1.807, 2.05) is 38.7 Å². The Labute approximate surface area is 160 Å². The van der Waals surface area contributed by atoms with Gasteiger partial charge in [-0.2, -0.15) is 0 Å². The Morgan fingerprint density at radius 1 is 1.23 bits per heavy atom. The molecule has 1 amide bonds. The van der Waals surface area contributed by atoms with Crippen molar-refractivity contribution in [3.63, 3.8) is 0 Å². The van der Waals surface area contributed by atoms with Crippen LogP contribution in [-0.2, 0) is 19.5 Å². The Bertz CT molecular complexity index is 764. The lowest BCUT2D eigenvalue weighted by atomic mass is 9.80. The van der Waals surface area contributed by atoms with E-state index >= 15 is 0 Å². The van der Waals surface area contributed by atoms with E-state index in [2.05, 4.69) is 18.8 Å². The molecule has 1 aromatic rings. The maximum atomic E-state index is 13.2. The van der Waals surface area contributed by atoms with Crippen LogP contribution >= 0.6 is 11.6 Å². The number of nitrogens with zero attached hydrogens (tertiary/aromatic N) is 2. The molecular weight excluding hydrogens is 350 g/mol. The van der Waals surface area contributed by atoms with Crippen LogP contribution in [0.3, 0.4) is 0 Å². The number of rotatable bonds is 2. The van der Waals surface area contributed by atoms with Gasteiger partial charge in [-0.1, -0.05) is 25.4 Å². The number of pyridine rings is 1. The zero-order chi connectivity index (χ0) is 19.1. The topological polar surface area (TPSA) is 51.7 Å². The third-order valence-electron chi connectivity index (χ3n) is 6.42. The minimum absolute atomic E-state index is 0.0658. The van der Waals surface area contributed by atoms with E-state index in [0.717, 1.165) is 17.8 Å². The molecular formula is C19H26BClN2O3. The Morgan fingerprint density at radius 2 is 1.85 bits per heavy atom. The highest BCUT2D eigenvalue weighted by Gasteiger charge is 2.62. The van der Waals surface area contributed by atoms with Gasteiger partial charge in [-0.15, -0.1) is 0 Å². The van der Waals surface area contributed by atoms with E-state index in [1.54, 1.807) is 6.20 Å². The summed E-state index contributed by atoms with van der Waals surface area (Å²) < 4.78 is 12.3. The summed E-state index contributed by atoms with van der Waals surface area (Å²) in [7, 11) is -0.317. The summed E-state index contributed by atoms with van der Waals surface area (Å²) in [5.41, 5.74) is 0.145. The minimum atomic E-state index is -0.367. The van der Waals surface area contributed by atoms with Gasteiger partial charge in [0, 0.05) is 35.5 Å². The number of carbonyl (C=O) groups is 1. The summed E-state index contributed by atoms with van der Waals surface area (Å²) in [6.45, 7) is 13.0. The summed E-state index contributed by atoms with van der Waals surface area (Å²) >= 11 is 6.12. The first-order chi connectivity index (χ1) is 11.9. The molecule has 1 saturated heterocycles. The monoisotopic (exact) mass is 376 g/mol. The van der Waals surface area contributed by atoms with Crippen LogP contribution in [0, 0.1) is 5.92 Å². The number of carbonyl (C=O) groups excluding carboxylic acids is 1. The Morgan fingerprint density at radius 3 is 2.46 bits per heavy atom. The number of fused-ring (bicyclic) bond motifs is 1. The van der Waals surface area contributed by atoms with Crippen LogP contribution in [-0.4, -0.2) is 35.8 Å². The van der Waals surface area contributed by atoms with Crippen molar-refractivity contribution in [2.24, 2.45) is 5.92 Å². The first-order valence-corrected chi connectivity index (χ1v) is 9.64. The van der Waals surface area contributed by atoms with Crippen molar-refractivity contribution >= 4 is 30.4 Å². The van der Waals surface area contributed by atoms with E-state index in [-0.39, 0.29) is 41.4 Å². The van der Waals surface area contributed by atoms with Crippen LogP contribution in [0.4, 0.5) is 5.82 Å². The highest BCUT2D eigenvalue weighted by Crippen LogP contribution is 2.55. The SMILES string of the molecule is CC1(C)CN(C(=O)[C@@H]2C[C@H]2B2OC(C)(C)C(C)(C)O2)c2ncc(Cl)cc21. The van der Waals surface area contributed by atoms with E-state index < -0.39 is 0 Å². The number of aromatic nitrogens is 1. The van der Waals surface area contributed by atoms with Gasteiger partial charge in [-0.25, -0.2) is 4.98 Å². The largest absolute Gasteiger partial charge is 0.461 e. The fourth-order valence-electron chi connectivity index (χ4n) is 3.95. The van der Waals surface area contributed by atoms with Crippen LogP contribution in [0.5, 0.6) is 0 Å². The molecule has 0 aromatic carbocycles. The molecule has 2 atom stereocenters. The third kappa shape index (κ3) is 2.69. The predicted molar refractivity (Wildman–Crippen MR) is 103 cm³/mol. The second-order valence-corrected chi connectivity index (χ2v) is 9.90. The average Bonchev–Trinajstić information content (AvgIpc) is 3.22. The predicted octanol–water partition coefficient (Wildman–Crippen LogP) is 3.84. The van der Waals surface area contributed by atoms with Crippen molar-refractivity contribution in [3.05, 3.63) is 22.8 Å². The molecule has 0 unspecified atom stereocenters. The van der Waals surface area contributed by atoms with Crippen molar-refractivity contribution in [2.45, 2.75) is 70.4 Å².